The fourth-order valence-corrected chi connectivity index (χ4v) is 3.41. The lowest BCUT2D eigenvalue weighted by Gasteiger charge is -2.26. The molecule has 0 radical (unpaired) electrons. The summed E-state index contributed by atoms with van der Waals surface area (Å²) in [7, 11) is 1.52. The number of carbonyl (C=O) groups excluding carboxylic acids is 1. The van der Waals surface area contributed by atoms with E-state index in [1.54, 1.807) is 24.3 Å². The number of nitrogens with zero attached hydrogens (tertiary/aromatic N) is 2. The van der Waals surface area contributed by atoms with Crippen LogP contribution in [0.3, 0.4) is 0 Å². The van der Waals surface area contributed by atoms with Crippen molar-refractivity contribution in [1.29, 1.82) is 0 Å². The third kappa shape index (κ3) is 5.74. The van der Waals surface area contributed by atoms with Gasteiger partial charge in [-0.05, 0) is 24.6 Å². The minimum atomic E-state index is -0.569. The first kappa shape index (κ1) is 22.6. The van der Waals surface area contributed by atoms with Crippen LogP contribution in [-0.4, -0.2) is 66.9 Å². The summed E-state index contributed by atoms with van der Waals surface area (Å²) >= 11 is 0. The summed E-state index contributed by atoms with van der Waals surface area (Å²) in [5.74, 6) is 0.253. The lowest BCUT2D eigenvalue weighted by molar-refractivity contribution is 0.0398. The molecule has 2 heterocycles. The molecular weight excluding hydrogens is 402 g/mol. The number of aromatic nitrogens is 2. The van der Waals surface area contributed by atoms with Gasteiger partial charge in [0.25, 0.3) is 11.5 Å². The third-order valence-electron chi connectivity index (χ3n) is 5.04. The van der Waals surface area contributed by atoms with E-state index in [-0.39, 0.29) is 11.5 Å². The zero-order valence-electron chi connectivity index (χ0n) is 17.9. The van der Waals surface area contributed by atoms with Gasteiger partial charge in [0, 0.05) is 38.3 Å². The number of benzene rings is 1. The van der Waals surface area contributed by atoms with Crippen LogP contribution < -0.4 is 26.6 Å². The van der Waals surface area contributed by atoms with Crippen LogP contribution in [0.25, 0.3) is 0 Å². The van der Waals surface area contributed by atoms with Crippen molar-refractivity contribution in [2.75, 3.05) is 57.1 Å². The van der Waals surface area contributed by atoms with E-state index >= 15 is 0 Å². The number of morpholine rings is 1. The normalized spacial score (nSPS) is 14.3. The first-order chi connectivity index (χ1) is 15.0. The number of hydrogen-bond donors (Lipinski definition) is 3. The second-order valence-corrected chi connectivity index (χ2v) is 7.20. The van der Waals surface area contributed by atoms with Crippen LogP contribution >= 0.6 is 0 Å². The average Bonchev–Trinajstić information content (AvgIpc) is 2.79. The monoisotopic (exact) mass is 431 g/mol. The molecule has 1 saturated heterocycles. The number of anilines is 2. The lowest BCUT2D eigenvalue weighted by atomic mass is 10.2. The highest BCUT2D eigenvalue weighted by atomic mass is 16.5. The minimum absolute atomic E-state index is 0.158. The predicted molar refractivity (Wildman–Crippen MR) is 118 cm³/mol. The molecule has 0 atom stereocenters. The molecule has 1 aliphatic rings. The van der Waals surface area contributed by atoms with Gasteiger partial charge in [0.1, 0.15) is 17.3 Å². The van der Waals surface area contributed by atoms with Gasteiger partial charge in [-0.3, -0.25) is 24.0 Å². The number of hydrogen-bond acceptors (Lipinski definition) is 7. The summed E-state index contributed by atoms with van der Waals surface area (Å²) in [5, 5.41) is 5.86. The molecule has 1 aliphatic heterocycles. The average molecular weight is 431 g/mol. The molecule has 0 spiro atoms. The van der Waals surface area contributed by atoms with Gasteiger partial charge in [-0.25, -0.2) is 4.79 Å². The minimum Gasteiger partial charge on any atom is -0.497 e. The highest BCUT2D eigenvalue weighted by molar-refractivity contribution is 6.05. The Labute approximate surface area is 180 Å². The van der Waals surface area contributed by atoms with Gasteiger partial charge in [0.15, 0.2) is 0 Å². The number of methoxy groups -OCH3 is 1. The molecule has 0 bridgehead atoms. The predicted octanol–water partition coefficient (Wildman–Crippen LogP) is 0.952. The maximum atomic E-state index is 12.9. The van der Waals surface area contributed by atoms with E-state index in [1.807, 2.05) is 6.92 Å². The van der Waals surface area contributed by atoms with E-state index in [1.165, 1.54) is 11.7 Å². The van der Waals surface area contributed by atoms with Crippen LogP contribution in [0.1, 0.15) is 23.7 Å². The van der Waals surface area contributed by atoms with Crippen molar-refractivity contribution in [3.05, 3.63) is 50.7 Å². The maximum Gasteiger partial charge on any atom is 0.330 e. The Morgan fingerprint density at radius 3 is 2.71 bits per heavy atom. The number of nitrogens with one attached hydrogen (secondary N) is 3. The Bertz CT molecular complexity index is 1010. The first-order valence-electron chi connectivity index (χ1n) is 10.4. The van der Waals surface area contributed by atoms with Crippen molar-refractivity contribution in [2.24, 2.45) is 0 Å². The van der Waals surface area contributed by atoms with Crippen molar-refractivity contribution < 1.29 is 14.3 Å². The summed E-state index contributed by atoms with van der Waals surface area (Å²) in [5.41, 5.74) is -0.612. The molecule has 10 heteroatoms. The second-order valence-electron chi connectivity index (χ2n) is 7.20. The van der Waals surface area contributed by atoms with E-state index in [9.17, 15) is 14.4 Å². The van der Waals surface area contributed by atoms with E-state index < -0.39 is 17.2 Å². The smallest absolute Gasteiger partial charge is 0.330 e. The van der Waals surface area contributed by atoms with Crippen LogP contribution in [0.4, 0.5) is 11.5 Å². The quantitative estimate of drug-likeness (QED) is 0.541. The molecule has 1 amide bonds. The molecular formula is C21H29N5O5. The van der Waals surface area contributed by atoms with Crippen molar-refractivity contribution >= 4 is 17.4 Å². The van der Waals surface area contributed by atoms with Gasteiger partial charge in [0.2, 0.25) is 0 Å². The van der Waals surface area contributed by atoms with Crippen molar-refractivity contribution in [3.63, 3.8) is 0 Å². The Hall–Kier alpha value is -3.11. The largest absolute Gasteiger partial charge is 0.497 e. The molecule has 0 aliphatic carbocycles. The van der Waals surface area contributed by atoms with Gasteiger partial charge in [0.05, 0.1) is 20.3 Å². The number of aromatic amines is 1. The van der Waals surface area contributed by atoms with Crippen LogP contribution in [0.2, 0.25) is 0 Å². The molecule has 1 aromatic carbocycles. The highest BCUT2D eigenvalue weighted by Gasteiger charge is 2.19. The zero-order valence-corrected chi connectivity index (χ0v) is 17.9. The van der Waals surface area contributed by atoms with Crippen molar-refractivity contribution in [3.8, 4) is 5.75 Å². The van der Waals surface area contributed by atoms with Gasteiger partial charge in [-0.2, -0.15) is 0 Å². The number of carbonyl (C=O) groups is 1. The van der Waals surface area contributed by atoms with Gasteiger partial charge in [-0.15, -0.1) is 0 Å². The lowest BCUT2D eigenvalue weighted by Crippen LogP contribution is -2.40. The number of H-pyrrole nitrogens is 1. The van der Waals surface area contributed by atoms with E-state index in [2.05, 4.69) is 20.5 Å². The standard InChI is InChI=1S/C21H29N5O5/c1-3-8-26-18(23-19(27)15-5-4-6-16(14-15)30-2)17(20(28)24-21(26)29)22-7-9-25-10-12-31-13-11-25/h4-6,14,22H,3,7-13H2,1-2H3,(H,23,27)(H,24,28,29). The SMILES string of the molecule is CCCn1c(NC(=O)c2cccc(OC)c2)c(NCCN2CCOCC2)c(=O)[nH]c1=O. The molecule has 3 N–H and O–H groups in total. The molecule has 31 heavy (non-hydrogen) atoms. The van der Waals surface area contributed by atoms with Crippen molar-refractivity contribution in [2.45, 2.75) is 19.9 Å². The van der Waals surface area contributed by atoms with E-state index in [4.69, 9.17) is 9.47 Å². The molecule has 0 saturated carbocycles. The Balaban J connectivity index is 1.86. The summed E-state index contributed by atoms with van der Waals surface area (Å²) in [4.78, 5) is 42.5. The number of ether oxygens (including phenoxy) is 2. The van der Waals surface area contributed by atoms with Crippen molar-refractivity contribution in [1.82, 2.24) is 14.5 Å². The molecule has 3 rings (SSSR count). The fourth-order valence-electron chi connectivity index (χ4n) is 3.41. The fraction of sp³-hybridized carbons (Fsp3) is 0.476. The van der Waals surface area contributed by atoms with Gasteiger partial charge >= 0.3 is 5.69 Å². The number of rotatable bonds is 9. The molecule has 2 aromatic rings. The third-order valence-corrected chi connectivity index (χ3v) is 5.04. The van der Waals surface area contributed by atoms with E-state index in [0.717, 1.165) is 13.1 Å². The Kier molecular flexibility index (Phi) is 7.85. The maximum absolute atomic E-state index is 12.9. The molecule has 1 aromatic heterocycles. The molecule has 168 valence electrons. The number of amides is 1. The Morgan fingerprint density at radius 1 is 1.23 bits per heavy atom. The molecule has 10 nitrogen and oxygen atoms in total. The summed E-state index contributed by atoms with van der Waals surface area (Å²) < 4.78 is 11.9. The van der Waals surface area contributed by atoms with Gasteiger partial charge in [-0.1, -0.05) is 13.0 Å². The van der Waals surface area contributed by atoms with Crippen LogP contribution in [0.5, 0.6) is 5.75 Å². The Morgan fingerprint density at radius 2 is 2.00 bits per heavy atom. The molecule has 1 fully saturated rings. The van der Waals surface area contributed by atoms with Gasteiger partial charge < -0.3 is 20.1 Å². The summed E-state index contributed by atoms with van der Waals surface area (Å²) in [6.07, 6.45) is 0.654. The van der Waals surface area contributed by atoms with Crippen LogP contribution in [0.15, 0.2) is 33.9 Å². The first-order valence-corrected chi connectivity index (χ1v) is 10.4. The van der Waals surface area contributed by atoms with E-state index in [0.29, 0.717) is 50.6 Å². The summed E-state index contributed by atoms with van der Waals surface area (Å²) in [6, 6.07) is 6.66. The van der Waals surface area contributed by atoms with Crippen LogP contribution in [0, 0.1) is 0 Å². The zero-order chi connectivity index (χ0) is 22.2. The summed E-state index contributed by atoms with van der Waals surface area (Å²) in [6.45, 7) is 6.47. The highest BCUT2D eigenvalue weighted by Crippen LogP contribution is 2.19. The second kappa shape index (κ2) is 10.8. The van der Waals surface area contributed by atoms with Crippen LogP contribution in [-0.2, 0) is 11.3 Å². The topological polar surface area (TPSA) is 118 Å². The molecule has 0 unspecified atom stereocenters.